The predicted octanol–water partition coefficient (Wildman–Crippen LogP) is 1.70. The molecular formula is C24H39N5O2. The van der Waals surface area contributed by atoms with Gasteiger partial charge in [-0.15, -0.1) is 0 Å². The van der Waals surface area contributed by atoms with Crippen LogP contribution in [0.15, 0.2) is 35.3 Å². The second kappa shape index (κ2) is 11.5. The smallest absolute Gasteiger partial charge is 0.236 e. The third-order valence-corrected chi connectivity index (χ3v) is 5.91. The van der Waals surface area contributed by atoms with Crippen molar-refractivity contribution < 1.29 is 9.53 Å². The molecule has 0 spiro atoms. The molecule has 31 heavy (non-hydrogen) atoms. The Morgan fingerprint density at radius 3 is 2.35 bits per heavy atom. The molecule has 0 unspecified atom stereocenters. The van der Waals surface area contributed by atoms with Gasteiger partial charge in [-0.05, 0) is 24.3 Å². The fraction of sp³-hybridized carbons (Fsp3) is 0.667. The normalized spacial score (nSPS) is 18.9. The maximum atomic E-state index is 12.5. The van der Waals surface area contributed by atoms with Gasteiger partial charge >= 0.3 is 0 Å². The second-order valence-corrected chi connectivity index (χ2v) is 9.25. The van der Waals surface area contributed by atoms with Crippen molar-refractivity contribution in [1.29, 1.82) is 0 Å². The number of benzene rings is 1. The Bertz CT molecular complexity index is 708. The van der Waals surface area contributed by atoms with Gasteiger partial charge in [0, 0.05) is 52.4 Å². The van der Waals surface area contributed by atoms with E-state index in [-0.39, 0.29) is 11.3 Å². The summed E-state index contributed by atoms with van der Waals surface area (Å²) in [4.78, 5) is 24.0. The van der Waals surface area contributed by atoms with Crippen LogP contribution in [0.25, 0.3) is 0 Å². The Kier molecular flexibility index (Phi) is 8.72. The quantitative estimate of drug-likeness (QED) is 0.528. The Morgan fingerprint density at radius 1 is 1.03 bits per heavy atom. The van der Waals surface area contributed by atoms with Gasteiger partial charge in [0.1, 0.15) is 0 Å². The summed E-state index contributed by atoms with van der Waals surface area (Å²) in [5, 5.41) is 3.46. The van der Waals surface area contributed by atoms with Gasteiger partial charge in [0.05, 0.1) is 19.8 Å². The van der Waals surface area contributed by atoms with E-state index in [1.54, 1.807) is 0 Å². The summed E-state index contributed by atoms with van der Waals surface area (Å²) in [5.74, 6) is 1.21. The van der Waals surface area contributed by atoms with Crippen molar-refractivity contribution in [1.82, 2.24) is 20.0 Å². The predicted molar refractivity (Wildman–Crippen MR) is 125 cm³/mol. The number of carbonyl (C=O) groups excluding carboxylic acids is 1. The molecule has 1 N–H and O–H groups in total. The number of morpholine rings is 1. The molecule has 1 amide bonds. The van der Waals surface area contributed by atoms with Crippen LogP contribution in [0.2, 0.25) is 0 Å². The highest BCUT2D eigenvalue weighted by Crippen LogP contribution is 2.22. The average Bonchev–Trinajstić information content (AvgIpc) is 2.78. The minimum absolute atomic E-state index is 0.0917. The fourth-order valence-corrected chi connectivity index (χ4v) is 4.14. The molecule has 0 aromatic heterocycles. The summed E-state index contributed by atoms with van der Waals surface area (Å²) in [5.41, 5.74) is 1.44. The number of nitrogens with one attached hydrogen (secondary N) is 1. The van der Waals surface area contributed by atoms with Crippen molar-refractivity contribution in [2.24, 2.45) is 10.4 Å². The zero-order chi connectivity index (χ0) is 22.1. The number of aliphatic imine (C=N–C) groups is 1. The van der Waals surface area contributed by atoms with Gasteiger partial charge in [-0.3, -0.25) is 14.7 Å². The summed E-state index contributed by atoms with van der Waals surface area (Å²) in [6.07, 6.45) is 1.01. The number of hydrogen-bond acceptors (Lipinski definition) is 4. The van der Waals surface area contributed by atoms with Gasteiger partial charge in [0.2, 0.25) is 5.91 Å². The minimum Gasteiger partial charge on any atom is -0.378 e. The van der Waals surface area contributed by atoms with E-state index < -0.39 is 0 Å². The van der Waals surface area contributed by atoms with Crippen LogP contribution in [-0.2, 0) is 16.0 Å². The Morgan fingerprint density at radius 2 is 1.71 bits per heavy atom. The summed E-state index contributed by atoms with van der Waals surface area (Å²) in [6.45, 7) is 15.1. The van der Waals surface area contributed by atoms with Crippen LogP contribution < -0.4 is 5.32 Å². The van der Waals surface area contributed by atoms with Crippen LogP contribution in [0.4, 0.5) is 0 Å². The first kappa shape index (κ1) is 23.5. The van der Waals surface area contributed by atoms with Crippen molar-refractivity contribution in [2.75, 3.05) is 72.1 Å². The lowest BCUT2D eigenvalue weighted by Crippen LogP contribution is -2.55. The molecule has 172 valence electrons. The first-order valence-electron chi connectivity index (χ1n) is 11.6. The highest BCUT2D eigenvalue weighted by molar-refractivity contribution is 5.80. The van der Waals surface area contributed by atoms with E-state index in [2.05, 4.69) is 66.2 Å². The zero-order valence-electron chi connectivity index (χ0n) is 19.5. The summed E-state index contributed by atoms with van der Waals surface area (Å²) in [7, 11) is 0. The Balaban J connectivity index is 1.50. The first-order chi connectivity index (χ1) is 15.0. The van der Waals surface area contributed by atoms with E-state index >= 15 is 0 Å². The van der Waals surface area contributed by atoms with Gasteiger partial charge in [-0.25, -0.2) is 0 Å². The number of guanidine groups is 1. The molecule has 2 aliphatic heterocycles. The van der Waals surface area contributed by atoms with Crippen molar-refractivity contribution >= 4 is 11.9 Å². The van der Waals surface area contributed by atoms with E-state index in [0.717, 1.165) is 64.7 Å². The molecule has 0 atom stereocenters. The Labute approximate surface area is 187 Å². The van der Waals surface area contributed by atoms with Crippen LogP contribution in [0.5, 0.6) is 0 Å². The van der Waals surface area contributed by atoms with E-state index in [9.17, 15) is 4.79 Å². The zero-order valence-corrected chi connectivity index (χ0v) is 19.5. The molecule has 2 aliphatic rings. The molecule has 1 aromatic carbocycles. The largest absolute Gasteiger partial charge is 0.378 e. The second-order valence-electron chi connectivity index (χ2n) is 9.25. The van der Waals surface area contributed by atoms with E-state index in [0.29, 0.717) is 19.8 Å². The Hall–Kier alpha value is -2.12. The maximum absolute atomic E-state index is 12.5. The summed E-state index contributed by atoms with van der Waals surface area (Å²) >= 11 is 0. The van der Waals surface area contributed by atoms with Crippen LogP contribution in [-0.4, -0.2) is 98.7 Å². The third-order valence-electron chi connectivity index (χ3n) is 5.91. The lowest BCUT2D eigenvalue weighted by atomic mass is 9.86. The first-order valence-corrected chi connectivity index (χ1v) is 11.6. The van der Waals surface area contributed by atoms with Gasteiger partial charge < -0.3 is 19.9 Å². The van der Waals surface area contributed by atoms with Crippen molar-refractivity contribution in [2.45, 2.75) is 27.2 Å². The van der Waals surface area contributed by atoms with E-state index in [4.69, 9.17) is 9.73 Å². The van der Waals surface area contributed by atoms with E-state index in [1.807, 2.05) is 4.90 Å². The van der Waals surface area contributed by atoms with Crippen molar-refractivity contribution in [3.63, 3.8) is 0 Å². The maximum Gasteiger partial charge on any atom is 0.236 e. The third kappa shape index (κ3) is 7.51. The molecule has 0 radical (unpaired) electrons. The standard InChI is InChI=1S/C24H39N5O2/c1-4-25-23(26-20-24(2,3)18-21-8-6-5-7-9-21)29-12-10-27(11-13-29)19-22(30)28-14-16-31-17-15-28/h5-9H,4,10-20H2,1-3H3,(H,25,26). The topological polar surface area (TPSA) is 60.4 Å². The number of hydrogen-bond donors (Lipinski definition) is 1. The van der Waals surface area contributed by atoms with Crippen LogP contribution in [0, 0.1) is 5.41 Å². The molecule has 2 saturated heterocycles. The van der Waals surface area contributed by atoms with Crippen LogP contribution in [0.3, 0.4) is 0 Å². The van der Waals surface area contributed by atoms with Crippen molar-refractivity contribution in [3.05, 3.63) is 35.9 Å². The number of carbonyl (C=O) groups is 1. The van der Waals surface area contributed by atoms with Gasteiger partial charge in [-0.1, -0.05) is 44.2 Å². The molecule has 2 heterocycles. The summed E-state index contributed by atoms with van der Waals surface area (Å²) in [6, 6.07) is 10.6. The van der Waals surface area contributed by atoms with Gasteiger partial charge in [-0.2, -0.15) is 0 Å². The van der Waals surface area contributed by atoms with Gasteiger partial charge in [0.15, 0.2) is 5.96 Å². The highest BCUT2D eigenvalue weighted by Gasteiger charge is 2.25. The van der Waals surface area contributed by atoms with Gasteiger partial charge in [0.25, 0.3) is 0 Å². The molecule has 3 rings (SSSR count). The lowest BCUT2D eigenvalue weighted by Gasteiger charge is -2.37. The molecule has 0 saturated carbocycles. The molecule has 7 heteroatoms. The molecule has 7 nitrogen and oxygen atoms in total. The van der Waals surface area contributed by atoms with Crippen molar-refractivity contribution in [3.8, 4) is 0 Å². The average molecular weight is 430 g/mol. The van der Waals surface area contributed by atoms with Crippen LogP contribution >= 0.6 is 0 Å². The SMILES string of the molecule is CCNC(=NCC(C)(C)Cc1ccccc1)N1CCN(CC(=O)N2CCOCC2)CC1. The number of ether oxygens (including phenoxy) is 1. The lowest BCUT2D eigenvalue weighted by molar-refractivity contribution is -0.136. The number of rotatable bonds is 7. The number of piperazine rings is 1. The molecule has 0 aliphatic carbocycles. The molecule has 0 bridgehead atoms. The number of amides is 1. The fourth-order valence-electron chi connectivity index (χ4n) is 4.14. The van der Waals surface area contributed by atoms with Crippen LogP contribution in [0.1, 0.15) is 26.3 Å². The molecule has 1 aromatic rings. The molecular weight excluding hydrogens is 390 g/mol. The minimum atomic E-state index is 0.0917. The monoisotopic (exact) mass is 429 g/mol. The molecule has 2 fully saturated rings. The number of nitrogens with zero attached hydrogens (tertiary/aromatic N) is 4. The highest BCUT2D eigenvalue weighted by atomic mass is 16.5. The van der Waals surface area contributed by atoms with E-state index in [1.165, 1.54) is 5.56 Å². The summed E-state index contributed by atoms with van der Waals surface area (Å²) < 4.78 is 5.35.